The van der Waals surface area contributed by atoms with Gasteiger partial charge in [-0.2, -0.15) is 8.42 Å². The van der Waals surface area contributed by atoms with Gasteiger partial charge in [0, 0.05) is 17.0 Å². The van der Waals surface area contributed by atoms with Gasteiger partial charge in [0.25, 0.3) is 15.7 Å². The molecule has 0 aliphatic heterocycles. The van der Waals surface area contributed by atoms with Crippen molar-refractivity contribution in [1.29, 1.82) is 0 Å². The molecule has 11 heteroatoms. The van der Waals surface area contributed by atoms with Gasteiger partial charge in [0.15, 0.2) is 5.69 Å². The van der Waals surface area contributed by atoms with Crippen LogP contribution in [0.1, 0.15) is 5.56 Å². The van der Waals surface area contributed by atoms with E-state index in [-0.39, 0.29) is 22.3 Å². The number of nitrogens with zero attached hydrogens (tertiary/aromatic N) is 3. The van der Waals surface area contributed by atoms with Gasteiger partial charge in [0.05, 0.1) is 15.3 Å². The third kappa shape index (κ3) is 3.11. The molecule has 0 aliphatic carbocycles. The summed E-state index contributed by atoms with van der Waals surface area (Å²) in [5.41, 5.74) is -0.0140. The van der Waals surface area contributed by atoms with Gasteiger partial charge in [-0.15, -0.1) is 5.11 Å². The van der Waals surface area contributed by atoms with Gasteiger partial charge in [-0.25, -0.2) is 4.39 Å². The summed E-state index contributed by atoms with van der Waals surface area (Å²) in [6, 6.07) is 6.87. The Morgan fingerprint density at radius 3 is 2.65 bits per heavy atom. The number of aromatic hydroxyl groups is 1. The minimum absolute atomic E-state index is 0.135. The lowest BCUT2D eigenvalue weighted by Gasteiger charge is -2.00. The van der Waals surface area contributed by atoms with E-state index in [1.807, 2.05) is 0 Å². The quantitative estimate of drug-likeness (QED) is 0.405. The number of aryl methyl sites for hydroxylation is 1. The van der Waals surface area contributed by atoms with E-state index < -0.39 is 31.5 Å². The molecule has 26 heavy (non-hydrogen) atoms. The molecule has 3 rings (SSSR count). The van der Waals surface area contributed by atoms with Crippen LogP contribution in [0.3, 0.4) is 0 Å². The molecular formula is C15H11FN4O5S. The van der Waals surface area contributed by atoms with Gasteiger partial charge in [0.1, 0.15) is 5.82 Å². The predicted octanol–water partition coefficient (Wildman–Crippen LogP) is 3.70. The number of nitrogens with one attached hydrogen (secondary N) is 1. The van der Waals surface area contributed by atoms with Crippen molar-refractivity contribution in [1.82, 2.24) is 4.98 Å². The molecule has 0 fully saturated rings. The normalized spacial score (nSPS) is 12.1. The van der Waals surface area contributed by atoms with Crippen LogP contribution < -0.4 is 0 Å². The van der Waals surface area contributed by atoms with Crippen molar-refractivity contribution in [2.24, 2.45) is 9.63 Å². The molecule has 1 aromatic heterocycles. The molecule has 0 atom stereocenters. The fourth-order valence-electron chi connectivity index (χ4n) is 2.33. The number of aromatic nitrogens is 1. The summed E-state index contributed by atoms with van der Waals surface area (Å²) in [6.07, 6.45) is 0. The third-order valence-electron chi connectivity index (χ3n) is 3.64. The highest BCUT2D eigenvalue weighted by atomic mass is 32.2. The SMILES string of the molecule is Cc1ccc(S(=O)(=O)N=Nc2c(O)[nH]c3ccc(F)cc23)cc1[N+](=O)[O-]. The highest BCUT2D eigenvalue weighted by molar-refractivity contribution is 7.90. The van der Waals surface area contributed by atoms with Gasteiger partial charge >= 0.3 is 0 Å². The first-order valence-electron chi connectivity index (χ1n) is 7.12. The van der Waals surface area contributed by atoms with E-state index in [1.165, 1.54) is 19.1 Å². The summed E-state index contributed by atoms with van der Waals surface area (Å²) in [4.78, 5) is 12.3. The molecule has 0 saturated carbocycles. The summed E-state index contributed by atoms with van der Waals surface area (Å²) in [5.74, 6) is -1.09. The Kier molecular flexibility index (Phi) is 4.16. The molecule has 0 amide bonds. The minimum atomic E-state index is -4.37. The molecule has 0 spiro atoms. The second kappa shape index (κ2) is 6.19. The zero-order valence-electron chi connectivity index (χ0n) is 13.2. The van der Waals surface area contributed by atoms with Crippen LogP contribution in [0, 0.1) is 22.9 Å². The van der Waals surface area contributed by atoms with Crippen molar-refractivity contribution in [2.45, 2.75) is 11.8 Å². The smallest absolute Gasteiger partial charge is 0.300 e. The van der Waals surface area contributed by atoms with Crippen LogP contribution in [0.4, 0.5) is 15.8 Å². The lowest BCUT2D eigenvalue weighted by molar-refractivity contribution is -0.385. The van der Waals surface area contributed by atoms with Crippen LogP contribution in [0.25, 0.3) is 10.9 Å². The van der Waals surface area contributed by atoms with Gasteiger partial charge in [-0.05, 0) is 31.2 Å². The first kappa shape index (κ1) is 17.5. The molecule has 2 aromatic carbocycles. The third-order valence-corrected chi connectivity index (χ3v) is 4.78. The molecular weight excluding hydrogens is 367 g/mol. The Morgan fingerprint density at radius 1 is 1.23 bits per heavy atom. The Labute approximate surface area is 146 Å². The van der Waals surface area contributed by atoms with E-state index in [2.05, 4.69) is 14.6 Å². The number of aromatic amines is 1. The highest BCUT2D eigenvalue weighted by Crippen LogP contribution is 2.36. The van der Waals surface area contributed by atoms with Crippen molar-refractivity contribution in [3.63, 3.8) is 0 Å². The molecule has 0 radical (unpaired) electrons. The monoisotopic (exact) mass is 378 g/mol. The summed E-state index contributed by atoms with van der Waals surface area (Å²) >= 11 is 0. The van der Waals surface area contributed by atoms with E-state index in [0.717, 1.165) is 24.3 Å². The van der Waals surface area contributed by atoms with E-state index >= 15 is 0 Å². The molecule has 134 valence electrons. The van der Waals surface area contributed by atoms with E-state index in [4.69, 9.17) is 0 Å². The Balaban J connectivity index is 2.06. The molecule has 9 nitrogen and oxygen atoms in total. The summed E-state index contributed by atoms with van der Waals surface area (Å²) in [7, 11) is -4.37. The molecule has 0 unspecified atom stereocenters. The van der Waals surface area contributed by atoms with Gasteiger partial charge < -0.3 is 10.1 Å². The number of fused-ring (bicyclic) bond motifs is 1. The average Bonchev–Trinajstić information content (AvgIpc) is 2.87. The Morgan fingerprint density at radius 2 is 1.96 bits per heavy atom. The second-order valence-electron chi connectivity index (χ2n) is 5.37. The number of H-pyrrole nitrogens is 1. The van der Waals surface area contributed by atoms with Crippen molar-refractivity contribution in [3.05, 3.63) is 57.9 Å². The minimum Gasteiger partial charge on any atom is -0.493 e. The van der Waals surface area contributed by atoms with Gasteiger partial charge in [0.2, 0.25) is 5.88 Å². The topological polar surface area (TPSA) is 138 Å². The predicted molar refractivity (Wildman–Crippen MR) is 89.5 cm³/mol. The highest BCUT2D eigenvalue weighted by Gasteiger charge is 2.20. The number of hydrogen-bond acceptors (Lipinski definition) is 6. The van der Waals surface area contributed by atoms with E-state index in [1.54, 1.807) is 0 Å². The molecule has 2 N–H and O–H groups in total. The standard InChI is InChI=1S/C15H11FN4O5S/c1-8-2-4-10(7-13(8)20(22)23)26(24,25)19-18-14-11-6-9(16)3-5-12(11)17-15(14)21/h2-7,17,21H,1H3. The number of benzene rings is 2. The van der Waals surface area contributed by atoms with Crippen molar-refractivity contribution in [2.75, 3.05) is 0 Å². The lowest BCUT2D eigenvalue weighted by atomic mass is 10.2. The van der Waals surface area contributed by atoms with Crippen LogP contribution >= 0.6 is 0 Å². The lowest BCUT2D eigenvalue weighted by Crippen LogP contribution is -1.99. The summed E-state index contributed by atoms with van der Waals surface area (Å²) in [6.45, 7) is 1.47. The van der Waals surface area contributed by atoms with Crippen molar-refractivity contribution < 1.29 is 22.8 Å². The zero-order valence-corrected chi connectivity index (χ0v) is 14.0. The average molecular weight is 378 g/mol. The molecule has 0 aliphatic rings. The fourth-order valence-corrected chi connectivity index (χ4v) is 3.11. The Bertz CT molecular complexity index is 1170. The molecule has 0 saturated heterocycles. The second-order valence-corrected chi connectivity index (χ2v) is 6.96. The first-order chi connectivity index (χ1) is 12.2. The maximum absolute atomic E-state index is 13.4. The maximum atomic E-state index is 13.4. The van der Waals surface area contributed by atoms with Crippen LogP contribution in [-0.2, 0) is 10.0 Å². The summed E-state index contributed by atoms with van der Waals surface area (Å²) in [5, 5.41) is 24.4. The number of halogens is 1. The van der Waals surface area contributed by atoms with Crippen LogP contribution in [0.5, 0.6) is 5.88 Å². The molecule has 0 bridgehead atoms. The Hall–Kier alpha value is -3.34. The van der Waals surface area contributed by atoms with Crippen LogP contribution in [0.2, 0.25) is 0 Å². The van der Waals surface area contributed by atoms with Crippen LogP contribution in [0.15, 0.2) is 50.9 Å². The largest absolute Gasteiger partial charge is 0.493 e. The number of nitro benzene ring substituents is 1. The first-order valence-corrected chi connectivity index (χ1v) is 8.56. The van der Waals surface area contributed by atoms with E-state index in [9.17, 15) is 28.0 Å². The number of sulfonamides is 1. The van der Waals surface area contributed by atoms with Gasteiger partial charge in [-0.1, -0.05) is 10.6 Å². The van der Waals surface area contributed by atoms with Crippen molar-refractivity contribution >= 4 is 32.3 Å². The molecule has 1 heterocycles. The molecule has 3 aromatic rings. The van der Waals surface area contributed by atoms with E-state index in [0.29, 0.717) is 5.52 Å². The van der Waals surface area contributed by atoms with Crippen LogP contribution in [-0.4, -0.2) is 23.4 Å². The number of rotatable bonds is 4. The summed E-state index contributed by atoms with van der Waals surface area (Å²) < 4.78 is 41.1. The van der Waals surface area contributed by atoms with Gasteiger partial charge in [-0.3, -0.25) is 10.1 Å². The fraction of sp³-hybridized carbons (Fsp3) is 0.0667. The number of hydrogen-bond donors (Lipinski definition) is 2. The zero-order chi connectivity index (χ0) is 19.1. The maximum Gasteiger partial charge on any atom is 0.300 e. The number of nitro groups is 1. The van der Waals surface area contributed by atoms with Crippen molar-refractivity contribution in [3.8, 4) is 5.88 Å².